The number of fused-ring (bicyclic) bond motifs is 2. The minimum Gasteiger partial charge on any atom is -0.356 e. The van der Waals surface area contributed by atoms with Crippen LogP contribution in [0, 0.1) is 5.92 Å². The molecule has 1 aromatic carbocycles. The summed E-state index contributed by atoms with van der Waals surface area (Å²) in [7, 11) is 0. The van der Waals surface area contributed by atoms with Crippen molar-refractivity contribution in [3.05, 3.63) is 70.6 Å². The van der Waals surface area contributed by atoms with Gasteiger partial charge in [-0.2, -0.15) is 5.48 Å². The van der Waals surface area contributed by atoms with E-state index in [9.17, 15) is 14.4 Å². The molecule has 3 aliphatic heterocycles. The molecule has 1 N–H and O–H groups in total. The van der Waals surface area contributed by atoms with Crippen molar-refractivity contribution in [3.8, 4) is 0 Å². The van der Waals surface area contributed by atoms with Crippen LogP contribution in [-0.2, 0) is 14.4 Å². The Bertz CT molecular complexity index is 1280. The van der Waals surface area contributed by atoms with Gasteiger partial charge in [0, 0.05) is 19.3 Å². The van der Waals surface area contributed by atoms with E-state index in [0.717, 1.165) is 30.8 Å². The summed E-state index contributed by atoms with van der Waals surface area (Å²) < 4.78 is 1.47. The number of hydroxylamine groups is 1. The average molecular weight is 431 g/mol. The maximum absolute atomic E-state index is 13.6. The van der Waals surface area contributed by atoms with Crippen molar-refractivity contribution in [2.24, 2.45) is 5.92 Å². The van der Waals surface area contributed by atoms with E-state index in [-0.39, 0.29) is 11.5 Å². The van der Waals surface area contributed by atoms with Gasteiger partial charge in [0.25, 0.3) is 11.5 Å². The van der Waals surface area contributed by atoms with Crippen LogP contribution in [0.3, 0.4) is 0 Å². The summed E-state index contributed by atoms with van der Waals surface area (Å²) in [6, 6.07) is 13.4. The maximum atomic E-state index is 13.6. The van der Waals surface area contributed by atoms with Gasteiger partial charge in [-0.05, 0) is 37.1 Å². The number of nitrogens with zero attached hydrogens (tertiary/aromatic N) is 4. The molecule has 0 radical (unpaired) electrons. The molecule has 162 valence electrons. The molecular formula is C23H21N5O4. The fourth-order valence-corrected chi connectivity index (χ4v) is 4.93. The summed E-state index contributed by atoms with van der Waals surface area (Å²) in [4.78, 5) is 53.7. The lowest BCUT2D eigenvalue weighted by Gasteiger charge is -2.24. The van der Waals surface area contributed by atoms with Gasteiger partial charge in [0.2, 0.25) is 5.91 Å². The second-order valence-electron chi connectivity index (χ2n) is 8.28. The van der Waals surface area contributed by atoms with Crippen molar-refractivity contribution in [2.75, 3.05) is 22.9 Å². The molecule has 3 aliphatic rings. The number of rotatable bonds is 3. The zero-order chi connectivity index (χ0) is 21.8. The fraction of sp³-hybridized carbons (Fsp3) is 0.304. The summed E-state index contributed by atoms with van der Waals surface area (Å²) in [5, 5.41) is 0. The number of hydrogen-bond donors (Lipinski definition) is 1. The molecule has 9 nitrogen and oxygen atoms in total. The molecule has 2 amide bonds. The summed E-state index contributed by atoms with van der Waals surface area (Å²) in [6.07, 6.45) is 2.69. The number of para-hydroxylation sites is 1. The Kier molecular flexibility index (Phi) is 4.34. The van der Waals surface area contributed by atoms with Gasteiger partial charge in [-0.3, -0.25) is 23.6 Å². The molecule has 9 heteroatoms. The number of hydrogen-bond acceptors (Lipinski definition) is 7. The van der Waals surface area contributed by atoms with Crippen LogP contribution in [0.2, 0.25) is 0 Å². The zero-order valence-electron chi connectivity index (χ0n) is 17.2. The van der Waals surface area contributed by atoms with Gasteiger partial charge in [0.05, 0.1) is 23.2 Å². The molecule has 3 aromatic rings. The van der Waals surface area contributed by atoms with Crippen LogP contribution < -0.4 is 20.8 Å². The van der Waals surface area contributed by atoms with Crippen LogP contribution in [0.1, 0.15) is 24.4 Å². The molecule has 32 heavy (non-hydrogen) atoms. The maximum Gasteiger partial charge on any atom is 0.265 e. The number of imide groups is 1. The third kappa shape index (κ3) is 2.71. The molecule has 3 fully saturated rings. The van der Waals surface area contributed by atoms with Crippen molar-refractivity contribution >= 4 is 29.0 Å². The number of benzene rings is 1. The largest absolute Gasteiger partial charge is 0.356 e. The van der Waals surface area contributed by atoms with E-state index in [0.29, 0.717) is 22.7 Å². The second kappa shape index (κ2) is 7.25. The van der Waals surface area contributed by atoms with Crippen LogP contribution in [0.25, 0.3) is 5.65 Å². The molecule has 0 spiro atoms. The van der Waals surface area contributed by atoms with Crippen LogP contribution in [0.4, 0.5) is 11.5 Å². The van der Waals surface area contributed by atoms with Crippen LogP contribution >= 0.6 is 0 Å². The first kappa shape index (κ1) is 19.1. The summed E-state index contributed by atoms with van der Waals surface area (Å²) in [6.45, 7) is 1.57. The zero-order valence-corrected chi connectivity index (χ0v) is 17.2. The topological polar surface area (TPSA) is 96.2 Å². The van der Waals surface area contributed by atoms with Crippen LogP contribution in [0.5, 0.6) is 0 Å². The van der Waals surface area contributed by atoms with Crippen LogP contribution in [-0.4, -0.2) is 40.4 Å². The van der Waals surface area contributed by atoms with E-state index in [2.05, 4.69) is 10.4 Å². The minimum absolute atomic E-state index is 0.266. The van der Waals surface area contributed by atoms with E-state index in [1.165, 1.54) is 4.40 Å². The molecular weight excluding hydrogens is 410 g/mol. The quantitative estimate of drug-likeness (QED) is 0.627. The molecule has 2 aromatic heterocycles. The monoisotopic (exact) mass is 431 g/mol. The highest BCUT2D eigenvalue weighted by atomic mass is 16.7. The highest BCUT2D eigenvalue weighted by Crippen LogP contribution is 2.41. The summed E-state index contributed by atoms with van der Waals surface area (Å²) in [5.41, 5.74) is 3.96. The second-order valence-corrected chi connectivity index (χ2v) is 8.28. The van der Waals surface area contributed by atoms with Crippen molar-refractivity contribution < 1.29 is 14.4 Å². The predicted octanol–water partition coefficient (Wildman–Crippen LogP) is 1.43. The Hall–Kier alpha value is -3.56. The van der Waals surface area contributed by atoms with Gasteiger partial charge in [-0.15, -0.1) is 0 Å². The standard InChI is InChI=1S/C23H21N5O4/c29-21-17(20(26-11-6-7-12-26)24-15-10-4-5-13-27(15)21)18-16-19(32-25-18)23(31)28(22(16)30)14-8-2-1-3-9-14/h1-5,8-10,13,16,18-19,25H,6-7,11-12H2/t16-,18-,19+/m0/s1. The lowest BCUT2D eigenvalue weighted by Crippen LogP contribution is -2.38. The highest BCUT2D eigenvalue weighted by Gasteiger charge is 2.58. The SMILES string of the molecule is O=C1[C@H]2[C@@H](c3c(N4CCCC4)nc4ccccn4c3=O)NO[C@H]2C(=O)N1c1ccccc1. The molecule has 5 heterocycles. The fourth-order valence-electron chi connectivity index (χ4n) is 4.93. The first-order chi connectivity index (χ1) is 15.6. The van der Waals surface area contributed by atoms with Crippen molar-refractivity contribution in [3.63, 3.8) is 0 Å². The first-order valence-corrected chi connectivity index (χ1v) is 10.8. The van der Waals surface area contributed by atoms with E-state index >= 15 is 0 Å². The van der Waals surface area contributed by atoms with Gasteiger partial charge in [0.15, 0.2) is 6.10 Å². The molecule has 3 saturated heterocycles. The van der Waals surface area contributed by atoms with E-state index in [1.807, 2.05) is 12.1 Å². The Morgan fingerprint density at radius 2 is 1.69 bits per heavy atom. The average Bonchev–Trinajstić information content (AvgIpc) is 3.54. The normalized spacial score (nSPS) is 25.2. The number of carbonyl (C=O) groups excluding carboxylic acids is 2. The summed E-state index contributed by atoms with van der Waals surface area (Å²) in [5.74, 6) is -1.11. The molecule has 0 bridgehead atoms. The number of carbonyl (C=O) groups is 2. The Labute approximate surface area is 183 Å². The lowest BCUT2D eigenvalue weighted by atomic mass is 9.92. The number of aromatic nitrogens is 2. The Balaban J connectivity index is 1.49. The number of nitrogens with one attached hydrogen (secondary N) is 1. The van der Waals surface area contributed by atoms with Crippen molar-refractivity contribution in [1.82, 2.24) is 14.9 Å². The molecule has 0 unspecified atom stereocenters. The number of amides is 2. The van der Waals surface area contributed by atoms with Gasteiger partial charge >= 0.3 is 0 Å². The Morgan fingerprint density at radius 1 is 0.938 bits per heavy atom. The van der Waals surface area contributed by atoms with Crippen molar-refractivity contribution in [2.45, 2.75) is 25.0 Å². The third-order valence-electron chi connectivity index (χ3n) is 6.46. The van der Waals surface area contributed by atoms with E-state index in [1.54, 1.807) is 42.6 Å². The third-order valence-corrected chi connectivity index (χ3v) is 6.46. The van der Waals surface area contributed by atoms with Gasteiger partial charge in [-0.25, -0.2) is 9.88 Å². The summed E-state index contributed by atoms with van der Waals surface area (Å²) >= 11 is 0. The smallest absolute Gasteiger partial charge is 0.265 e. The van der Waals surface area contributed by atoms with E-state index < -0.39 is 24.0 Å². The van der Waals surface area contributed by atoms with Crippen molar-refractivity contribution in [1.29, 1.82) is 0 Å². The minimum atomic E-state index is -0.991. The van der Waals surface area contributed by atoms with Gasteiger partial charge in [0.1, 0.15) is 11.5 Å². The van der Waals surface area contributed by atoms with Crippen LogP contribution in [0.15, 0.2) is 59.5 Å². The molecule has 0 aliphatic carbocycles. The van der Waals surface area contributed by atoms with Gasteiger partial charge in [-0.1, -0.05) is 24.3 Å². The first-order valence-electron chi connectivity index (χ1n) is 10.8. The highest BCUT2D eigenvalue weighted by molar-refractivity contribution is 6.23. The molecule has 6 rings (SSSR count). The number of anilines is 2. The van der Waals surface area contributed by atoms with Gasteiger partial charge < -0.3 is 4.90 Å². The lowest BCUT2D eigenvalue weighted by molar-refractivity contribution is -0.128. The molecule has 0 saturated carbocycles. The Morgan fingerprint density at radius 3 is 2.47 bits per heavy atom. The predicted molar refractivity (Wildman–Crippen MR) is 116 cm³/mol. The number of pyridine rings is 1. The van der Waals surface area contributed by atoms with E-state index in [4.69, 9.17) is 9.82 Å². The molecule has 3 atom stereocenters.